The largest absolute Gasteiger partial charge is 0.396 e. The van der Waals surface area contributed by atoms with Gasteiger partial charge in [-0.3, -0.25) is 9.36 Å². The molecule has 90 valence electrons. The number of anilines is 1. The molecule has 1 aromatic heterocycles. The zero-order chi connectivity index (χ0) is 12.8. The second-order valence-electron chi connectivity index (χ2n) is 3.11. The zero-order valence-electron chi connectivity index (χ0n) is 9.85. The Kier molecular flexibility index (Phi) is 4.46. The summed E-state index contributed by atoms with van der Waals surface area (Å²) in [6.45, 7) is 4.00. The SMILES string of the molecule is CC.Nc1ccc(-n2ccccc2=O)cc1F. The quantitative estimate of drug-likeness (QED) is 0.771. The maximum Gasteiger partial charge on any atom is 0.255 e. The van der Waals surface area contributed by atoms with Crippen LogP contribution < -0.4 is 11.3 Å². The summed E-state index contributed by atoms with van der Waals surface area (Å²) in [4.78, 5) is 11.4. The van der Waals surface area contributed by atoms with Gasteiger partial charge in [-0.2, -0.15) is 0 Å². The molecule has 0 bridgehead atoms. The molecular weight excluding hydrogens is 219 g/mol. The number of rotatable bonds is 1. The molecule has 1 heterocycles. The predicted molar refractivity (Wildman–Crippen MR) is 67.8 cm³/mol. The van der Waals surface area contributed by atoms with Gasteiger partial charge in [0.2, 0.25) is 0 Å². The van der Waals surface area contributed by atoms with Crippen molar-refractivity contribution in [3.05, 3.63) is 58.8 Å². The van der Waals surface area contributed by atoms with E-state index in [-0.39, 0.29) is 11.2 Å². The standard InChI is InChI=1S/C11H9FN2O.C2H6/c12-9-7-8(4-5-10(9)13)14-6-2-1-3-11(14)15;1-2/h1-7H,13H2;1-2H3. The first-order valence-electron chi connectivity index (χ1n) is 5.41. The van der Waals surface area contributed by atoms with Gasteiger partial charge < -0.3 is 5.73 Å². The molecule has 2 N–H and O–H groups in total. The van der Waals surface area contributed by atoms with Crippen LogP contribution in [0.1, 0.15) is 13.8 Å². The average Bonchev–Trinajstić information content (AvgIpc) is 2.36. The van der Waals surface area contributed by atoms with Crippen LogP contribution in [-0.2, 0) is 0 Å². The van der Waals surface area contributed by atoms with E-state index in [2.05, 4.69) is 0 Å². The Morgan fingerprint density at radius 3 is 2.47 bits per heavy atom. The van der Waals surface area contributed by atoms with Crippen LogP contribution in [0.2, 0.25) is 0 Å². The van der Waals surface area contributed by atoms with E-state index in [0.29, 0.717) is 5.69 Å². The van der Waals surface area contributed by atoms with Crippen molar-refractivity contribution in [3.63, 3.8) is 0 Å². The second kappa shape index (κ2) is 5.84. The van der Waals surface area contributed by atoms with Crippen LogP contribution >= 0.6 is 0 Å². The number of nitrogens with two attached hydrogens (primary N) is 1. The van der Waals surface area contributed by atoms with Crippen LogP contribution in [0.25, 0.3) is 5.69 Å². The summed E-state index contributed by atoms with van der Waals surface area (Å²) in [5, 5.41) is 0. The topological polar surface area (TPSA) is 48.0 Å². The third-order valence-electron chi connectivity index (χ3n) is 2.08. The number of halogens is 1. The number of hydrogen-bond donors (Lipinski definition) is 1. The molecule has 0 saturated heterocycles. The summed E-state index contributed by atoms with van der Waals surface area (Å²) in [7, 11) is 0. The van der Waals surface area contributed by atoms with Gasteiger partial charge in [-0.1, -0.05) is 19.9 Å². The monoisotopic (exact) mass is 234 g/mol. The van der Waals surface area contributed by atoms with Gasteiger partial charge in [-0.15, -0.1) is 0 Å². The third-order valence-corrected chi connectivity index (χ3v) is 2.08. The van der Waals surface area contributed by atoms with Gasteiger partial charge in [-0.05, 0) is 18.2 Å². The third kappa shape index (κ3) is 2.93. The van der Waals surface area contributed by atoms with Crippen molar-refractivity contribution in [2.75, 3.05) is 5.73 Å². The fraction of sp³-hybridized carbons (Fsp3) is 0.154. The number of aromatic nitrogens is 1. The van der Waals surface area contributed by atoms with Gasteiger partial charge in [0, 0.05) is 18.3 Å². The van der Waals surface area contributed by atoms with E-state index >= 15 is 0 Å². The zero-order valence-corrected chi connectivity index (χ0v) is 9.85. The minimum atomic E-state index is -0.525. The fourth-order valence-corrected chi connectivity index (χ4v) is 1.31. The van der Waals surface area contributed by atoms with E-state index in [1.54, 1.807) is 24.4 Å². The lowest BCUT2D eigenvalue weighted by molar-refractivity contribution is 0.631. The molecule has 0 radical (unpaired) electrons. The minimum Gasteiger partial charge on any atom is -0.396 e. The number of nitrogen functional groups attached to an aromatic ring is 1. The summed E-state index contributed by atoms with van der Waals surface area (Å²) in [6.07, 6.45) is 1.58. The van der Waals surface area contributed by atoms with Crippen LogP contribution in [0, 0.1) is 5.82 Å². The van der Waals surface area contributed by atoms with Crippen LogP contribution in [0.15, 0.2) is 47.4 Å². The highest BCUT2D eigenvalue weighted by Gasteiger charge is 2.02. The van der Waals surface area contributed by atoms with Gasteiger partial charge in [0.15, 0.2) is 0 Å². The van der Waals surface area contributed by atoms with Crippen molar-refractivity contribution in [2.45, 2.75) is 13.8 Å². The molecule has 0 spiro atoms. The van der Waals surface area contributed by atoms with Crippen molar-refractivity contribution in [3.8, 4) is 5.69 Å². The van der Waals surface area contributed by atoms with Crippen molar-refractivity contribution in [1.82, 2.24) is 4.57 Å². The molecule has 0 amide bonds. The van der Waals surface area contributed by atoms with E-state index in [0.717, 1.165) is 0 Å². The van der Waals surface area contributed by atoms with Gasteiger partial charge in [0.25, 0.3) is 5.56 Å². The fourth-order valence-electron chi connectivity index (χ4n) is 1.31. The lowest BCUT2D eigenvalue weighted by atomic mass is 10.2. The maximum atomic E-state index is 13.2. The lowest BCUT2D eigenvalue weighted by Crippen LogP contribution is -2.15. The molecule has 1 aromatic carbocycles. The average molecular weight is 234 g/mol. The molecule has 0 aliphatic rings. The Bertz CT molecular complexity index is 549. The van der Waals surface area contributed by atoms with E-state index in [9.17, 15) is 9.18 Å². The molecule has 17 heavy (non-hydrogen) atoms. The molecule has 0 unspecified atom stereocenters. The molecule has 2 aromatic rings. The van der Waals surface area contributed by atoms with Crippen LogP contribution in [-0.4, -0.2) is 4.57 Å². The van der Waals surface area contributed by atoms with E-state index in [1.807, 2.05) is 13.8 Å². The number of nitrogens with zero attached hydrogens (tertiary/aromatic N) is 1. The smallest absolute Gasteiger partial charge is 0.255 e. The highest BCUT2D eigenvalue weighted by Crippen LogP contribution is 2.13. The van der Waals surface area contributed by atoms with Crippen molar-refractivity contribution in [1.29, 1.82) is 0 Å². The van der Waals surface area contributed by atoms with Crippen molar-refractivity contribution < 1.29 is 4.39 Å². The minimum absolute atomic E-state index is 0.0720. The normalized spacial score (nSPS) is 9.35. The van der Waals surface area contributed by atoms with Crippen molar-refractivity contribution >= 4 is 5.69 Å². The molecule has 2 rings (SSSR count). The molecule has 3 nitrogen and oxygen atoms in total. The Labute approximate surface area is 99.3 Å². The first-order valence-corrected chi connectivity index (χ1v) is 5.41. The number of benzene rings is 1. The van der Waals surface area contributed by atoms with E-state index in [1.165, 1.54) is 22.8 Å². The van der Waals surface area contributed by atoms with Gasteiger partial charge >= 0.3 is 0 Å². The summed E-state index contributed by atoms with van der Waals surface area (Å²) in [5.41, 5.74) is 5.67. The van der Waals surface area contributed by atoms with Crippen LogP contribution in [0.5, 0.6) is 0 Å². The van der Waals surface area contributed by atoms with Crippen LogP contribution in [0.3, 0.4) is 0 Å². The Morgan fingerprint density at radius 1 is 1.18 bits per heavy atom. The number of pyridine rings is 1. The highest BCUT2D eigenvalue weighted by molar-refractivity contribution is 5.46. The molecule has 0 fully saturated rings. The van der Waals surface area contributed by atoms with Crippen LogP contribution in [0.4, 0.5) is 10.1 Å². The van der Waals surface area contributed by atoms with E-state index in [4.69, 9.17) is 5.73 Å². The molecule has 0 saturated carbocycles. The van der Waals surface area contributed by atoms with Gasteiger partial charge in [0.05, 0.1) is 11.4 Å². The molecule has 4 heteroatoms. The molecular formula is C13H15FN2O. The van der Waals surface area contributed by atoms with Gasteiger partial charge in [-0.25, -0.2) is 4.39 Å². The Balaban J connectivity index is 0.000000686. The summed E-state index contributed by atoms with van der Waals surface area (Å²) in [6, 6.07) is 9.01. The summed E-state index contributed by atoms with van der Waals surface area (Å²) in [5.74, 6) is -0.525. The number of hydrogen-bond acceptors (Lipinski definition) is 2. The molecule has 0 aliphatic heterocycles. The second-order valence-corrected chi connectivity index (χ2v) is 3.11. The van der Waals surface area contributed by atoms with Crippen molar-refractivity contribution in [2.24, 2.45) is 0 Å². The Hall–Kier alpha value is -2.10. The maximum absolute atomic E-state index is 13.2. The van der Waals surface area contributed by atoms with E-state index < -0.39 is 5.82 Å². The summed E-state index contributed by atoms with van der Waals surface area (Å²) < 4.78 is 14.5. The molecule has 0 atom stereocenters. The van der Waals surface area contributed by atoms with Gasteiger partial charge in [0.1, 0.15) is 5.82 Å². The first kappa shape index (κ1) is 13.0. The lowest BCUT2D eigenvalue weighted by Gasteiger charge is -2.05. The first-order chi connectivity index (χ1) is 8.18. The predicted octanol–water partition coefficient (Wildman–Crippen LogP) is 2.59. The molecule has 0 aliphatic carbocycles. The summed E-state index contributed by atoms with van der Waals surface area (Å²) >= 11 is 0. The Morgan fingerprint density at radius 2 is 1.88 bits per heavy atom. The highest BCUT2D eigenvalue weighted by atomic mass is 19.1.